The van der Waals surface area contributed by atoms with Crippen molar-refractivity contribution in [3.63, 3.8) is 0 Å². The summed E-state index contributed by atoms with van der Waals surface area (Å²) >= 11 is 5.82. The van der Waals surface area contributed by atoms with Crippen molar-refractivity contribution in [3.05, 3.63) is 41.0 Å². The molecule has 0 aliphatic carbocycles. The molecule has 7 nitrogen and oxygen atoms in total. The van der Waals surface area contributed by atoms with E-state index in [4.69, 9.17) is 21.1 Å². The number of amides is 1. The minimum absolute atomic E-state index is 0.0176. The van der Waals surface area contributed by atoms with E-state index in [0.717, 1.165) is 42.3 Å². The van der Waals surface area contributed by atoms with Crippen molar-refractivity contribution in [1.82, 2.24) is 15.5 Å². The van der Waals surface area contributed by atoms with Gasteiger partial charge in [-0.05, 0) is 50.1 Å². The number of hydrogen-bond acceptors (Lipinski definition) is 6. The highest BCUT2D eigenvalue weighted by atomic mass is 35.5. The van der Waals surface area contributed by atoms with Crippen LogP contribution in [0.4, 0.5) is 5.82 Å². The average Bonchev–Trinajstić information content (AvgIpc) is 2.73. The van der Waals surface area contributed by atoms with Gasteiger partial charge in [0.05, 0.1) is 26.2 Å². The average molecular weight is 405 g/mol. The van der Waals surface area contributed by atoms with Crippen LogP contribution in [-0.2, 0) is 4.79 Å². The highest BCUT2D eigenvalue weighted by molar-refractivity contribution is 6.29. The van der Waals surface area contributed by atoms with Gasteiger partial charge < -0.3 is 19.7 Å². The Bertz CT molecular complexity index is 816. The molecule has 28 heavy (non-hydrogen) atoms. The van der Waals surface area contributed by atoms with Gasteiger partial charge in [0.15, 0.2) is 11.0 Å². The van der Waals surface area contributed by atoms with Crippen LogP contribution < -0.4 is 19.7 Å². The number of nitrogens with zero attached hydrogens (tertiary/aromatic N) is 3. The van der Waals surface area contributed by atoms with Gasteiger partial charge in [0.25, 0.3) is 0 Å². The lowest BCUT2D eigenvalue weighted by molar-refractivity contribution is -0.125. The zero-order chi connectivity index (χ0) is 20.1. The summed E-state index contributed by atoms with van der Waals surface area (Å²) in [4.78, 5) is 15.0. The zero-order valence-electron chi connectivity index (χ0n) is 16.3. The van der Waals surface area contributed by atoms with Gasteiger partial charge in [0.2, 0.25) is 5.91 Å². The van der Waals surface area contributed by atoms with Crippen molar-refractivity contribution in [2.45, 2.75) is 25.8 Å². The number of benzene rings is 1. The molecular weight excluding hydrogens is 380 g/mol. The molecule has 2 heterocycles. The fourth-order valence-electron chi connectivity index (χ4n) is 3.46. The van der Waals surface area contributed by atoms with Crippen LogP contribution in [0.3, 0.4) is 0 Å². The number of anilines is 1. The monoisotopic (exact) mass is 404 g/mol. The molecule has 0 unspecified atom stereocenters. The fraction of sp³-hybridized carbons (Fsp3) is 0.450. The van der Waals surface area contributed by atoms with Gasteiger partial charge in [-0.3, -0.25) is 4.79 Å². The maximum absolute atomic E-state index is 12.9. The molecule has 1 aliphatic rings. The summed E-state index contributed by atoms with van der Waals surface area (Å²) in [6.07, 6.45) is 1.75. The molecule has 1 aromatic carbocycles. The number of nitrogens with one attached hydrogen (secondary N) is 1. The summed E-state index contributed by atoms with van der Waals surface area (Å²) in [5.41, 5.74) is 0.881. The van der Waals surface area contributed by atoms with Crippen molar-refractivity contribution < 1.29 is 14.3 Å². The van der Waals surface area contributed by atoms with E-state index < -0.39 is 0 Å². The van der Waals surface area contributed by atoms with E-state index in [9.17, 15) is 4.79 Å². The molecule has 1 amide bonds. The molecule has 2 atom stereocenters. The lowest BCUT2D eigenvalue weighted by atomic mass is 9.96. The maximum atomic E-state index is 12.9. The van der Waals surface area contributed by atoms with Crippen LogP contribution in [0.5, 0.6) is 11.5 Å². The SMILES string of the molecule is COc1ccc(OC)c([C@@H](C)NC(=O)[C@@H]2CCCN(c3ccc(Cl)nn3)C2)c1. The maximum Gasteiger partial charge on any atom is 0.225 e. The molecular formula is C20H25ClN4O3. The molecule has 2 aromatic rings. The van der Waals surface area contributed by atoms with E-state index >= 15 is 0 Å². The van der Waals surface area contributed by atoms with E-state index in [1.807, 2.05) is 31.2 Å². The van der Waals surface area contributed by atoms with Gasteiger partial charge in [-0.2, -0.15) is 0 Å². The predicted octanol–water partition coefficient (Wildman–Crippen LogP) is 3.24. The minimum Gasteiger partial charge on any atom is -0.497 e. The van der Waals surface area contributed by atoms with Crippen LogP contribution in [-0.4, -0.2) is 43.4 Å². The van der Waals surface area contributed by atoms with E-state index in [1.54, 1.807) is 20.3 Å². The number of piperidine rings is 1. The van der Waals surface area contributed by atoms with Gasteiger partial charge in [-0.1, -0.05) is 11.6 Å². The number of rotatable bonds is 6. The second kappa shape index (κ2) is 9.10. The predicted molar refractivity (Wildman–Crippen MR) is 108 cm³/mol. The van der Waals surface area contributed by atoms with Gasteiger partial charge in [-0.15, -0.1) is 10.2 Å². The number of aromatic nitrogens is 2. The number of halogens is 1. The van der Waals surface area contributed by atoms with E-state index in [1.165, 1.54) is 0 Å². The molecule has 0 spiro atoms. The van der Waals surface area contributed by atoms with Gasteiger partial charge in [-0.25, -0.2) is 0 Å². The Balaban J connectivity index is 1.67. The smallest absolute Gasteiger partial charge is 0.225 e. The number of carbonyl (C=O) groups excluding carboxylic acids is 1. The third kappa shape index (κ3) is 4.65. The number of ether oxygens (including phenoxy) is 2. The van der Waals surface area contributed by atoms with Crippen molar-refractivity contribution in [2.75, 3.05) is 32.2 Å². The molecule has 1 fully saturated rings. The Kier molecular flexibility index (Phi) is 6.57. The van der Waals surface area contributed by atoms with E-state index in [2.05, 4.69) is 20.4 Å². The summed E-state index contributed by atoms with van der Waals surface area (Å²) in [5.74, 6) is 2.08. The molecule has 1 saturated heterocycles. The van der Waals surface area contributed by atoms with Crippen molar-refractivity contribution in [2.24, 2.45) is 5.92 Å². The first-order valence-electron chi connectivity index (χ1n) is 9.28. The largest absolute Gasteiger partial charge is 0.497 e. The van der Waals surface area contributed by atoms with Gasteiger partial charge in [0, 0.05) is 18.7 Å². The van der Waals surface area contributed by atoms with Crippen molar-refractivity contribution >= 4 is 23.3 Å². The summed E-state index contributed by atoms with van der Waals surface area (Å²) in [5, 5.41) is 11.5. The van der Waals surface area contributed by atoms with E-state index in [-0.39, 0.29) is 17.9 Å². The van der Waals surface area contributed by atoms with Crippen LogP contribution in [0, 0.1) is 5.92 Å². The molecule has 1 N–H and O–H groups in total. The van der Waals surface area contributed by atoms with Crippen molar-refractivity contribution in [1.29, 1.82) is 0 Å². The first-order valence-corrected chi connectivity index (χ1v) is 9.66. The zero-order valence-corrected chi connectivity index (χ0v) is 17.1. The normalized spacial score (nSPS) is 17.7. The molecule has 1 aliphatic heterocycles. The Morgan fingerprint density at radius 1 is 1.25 bits per heavy atom. The highest BCUT2D eigenvalue weighted by Crippen LogP contribution is 2.30. The van der Waals surface area contributed by atoms with Crippen LogP contribution in [0.1, 0.15) is 31.4 Å². The molecule has 8 heteroatoms. The number of hydrogen-bond donors (Lipinski definition) is 1. The first kappa shape index (κ1) is 20.2. The van der Waals surface area contributed by atoms with Crippen LogP contribution in [0.15, 0.2) is 30.3 Å². The molecule has 0 saturated carbocycles. The quantitative estimate of drug-likeness (QED) is 0.796. The molecule has 3 rings (SSSR count). The Morgan fingerprint density at radius 2 is 2.07 bits per heavy atom. The first-order chi connectivity index (χ1) is 13.5. The summed E-state index contributed by atoms with van der Waals surface area (Å²) < 4.78 is 10.7. The van der Waals surface area contributed by atoms with Crippen molar-refractivity contribution in [3.8, 4) is 11.5 Å². The summed E-state index contributed by atoms with van der Waals surface area (Å²) in [6, 6.07) is 8.91. The second-order valence-corrected chi connectivity index (χ2v) is 7.22. The lowest BCUT2D eigenvalue weighted by Gasteiger charge is -2.33. The molecule has 0 bridgehead atoms. The summed E-state index contributed by atoms with van der Waals surface area (Å²) in [7, 11) is 3.23. The standard InChI is InChI=1S/C20H25ClN4O3/c1-13(16-11-15(27-2)6-7-17(16)28-3)22-20(26)14-5-4-10-25(12-14)19-9-8-18(21)23-24-19/h6-9,11,13-14H,4-5,10,12H2,1-3H3,(H,22,26)/t13-,14-/m1/s1. The Hall–Kier alpha value is -2.54. The highest BCUT2D eigenvalue weighted by Gasteiger charge is 2.28. The Morgan fingerprint density at radius 3 is 2.75 bits per heavy atom. The van der Waals surface area contributed by atoms with Crippen LogP contribution in [0.25, 0.3) is 0 Å². The van der Waals surface area contributed by atoms with Crippen LogP contribution >= 0.6 is 11.6 Å². The molecule has 0 radical (unpaired) electrons. The van der Waals surface area contributed by atoms with Gasteiger partial charge in [0.1, 0.15) is 11.5 Å². The number of carbonyl (C=O) groups is 1. The lowest BCUT2D eigenvalue weighted by Crippen LogP contribution is -2.44. The topological polar surface area (TPSA) is 76.6 Å². The third-order valence-electron chi connectivity index (χ3n) is 5.00. The molecule has 150 valence electrons. The second-order valence-electron chi connectivity index (χ2n) is 6.84. The molecule has 1 aromatic heterocycles. The fourth-order valence-corrected chi connectivity index (χ4v) is 3.56. The Labute approximate surface area is 170 Å². The summed E-state index contributed by atoms with van der Waals surface area (Å²) in [6.45, 7) is 3.39. The third-order valence-corrected chi connectivity index (χ3v) is 5.20. The number of methoxy groups -OCH3 is 2. The van der Waals surface area contributed by atoms with Gasteiger partial charge >= 0.3 is 0 Å². The van der Waals surface area contributed by atoms with E-state index in [0.29, 0.717) is 11.7 Å². The van der Waals surface area contributed by atoms with Crippen LogP contribution in [0.2, 0.25) is 5.15 Å². The minimum atomic E-state index is -0.205.